The van der Waals surface area contributed by atoms with Crippen LogP contribution in [0, 0.1) is 0 Å². The number of aliphatic hydroxyl groups is 3. The summed E-state index contributed by atoms with van der Waals surface area (Å²) in [6.07, 6.45) is 0. The maximum atomic E-state index is 8.48. The summed E-state index contributed by atoms with van der Waals surface area (Å²) in [5.74, 6) is 0. The van der Waals surface area contributed by atoms with Gasteiger partial charge in [-0.1, -0.05) is 0 Å². The fraction of sp³-hybridized carbons (Fsp3) is 1.00. The van der Waals surface area contributed by atoms with E-state index in [-0.39, 0.29) is 75.9 Å². The van der Waals surface area contributed by atoms with Gasteiger partial charge in [0.1, 0.15) is 0 Å². The molecule has 3 N–H and O–H groups in total. The summed E-state index contributed by atoms with van der Waals surface area (Å²) in [5, 5.41) is 25.5. The topological polar surface area (TPSA) is 63.9 Å². The van der Waals surface area contributed by atoms with Crippen molar-refractivity contribution >= 4 is 0 Å². The van der Waals surface area contributed by atoms with Crippen LogP contribution in [0.2, 0.25) is 0 Å². The standard InChI is InChI=1S/C6H15NO3.FH.K/c8-4-1-7(2-5-9)3-6-10;;/h8-10H,1-6H2;1H;/q;;+1/p-1. The molecule has 0 saturated heterocycles. The molecule has 0 heterocycles. The van der Waals surface area contributed by atoms with E-state index in [1.807, 2.05) is 0 Å². The molecule has 0 aromatic heterocycles. The molecule has 0 aromatic rings. The van der Waals surface area contributed by atoms with Crippen molar-refractivity contribution in [2.24, 2.45) is 0 Å². The molecule has 0 saturated carbocycles. The first-order valence-corrected chi connectivity index (χ1v) is 3.40. The van der Waals surface area contributed by atoms with Gasteiger partial charge in [-0.2, -0.15) is 0 Å². The summed E-state index contributed by atoms with van der Waals surface area (Å²) in [6.45, 7) is 1.75. The quantitative estimate of drug-likeness (QED) is 0.379. The second kappa shape index (κ2) is 14.9. The van der Waals surface area contributed by atoms with E-state index in [1.165, 1.54) is 0 Å². The number of hydrogen-bond acceptors (Lipinski definition) is 4. The second-order valence-electron chi connectivity index (χ2n) is 2.01. The summed E-state index contributed by atoms with van der Waals surface area (Å²) in [5.41, 5.74) is 0. The van der Waals surface area contributed by atoms with Crippen LogP contribution >= 0.6 is 0 Å². The van der Waals surface area contributed by atoms with Crippen molar-refractivity contribution in [2.45, 2.75) is 0 Å². The molecule has 0 aliphatic rings. The zero-order valence-electron chi connectivity index (χ0n) is 7.41. The van der Waals surface area contributed by atoms with Crippen molar-refractivity contribution in [1.29, 1.82) is 0 Å². The molecule has 0 amide bonds. The van der Waals surface area contributed by atoms with E-state index in [2.05, 4.69) is 0 Å². The summed E-state index contributed by atoms with van der Waals surface area (Å²) >= 11 is 0. The fourth-order valence-corrected chi connectivity index (χ4v) is 0.760. The van der Waals surface area contributed by atoms with Gasteiger partial charge in [0.25, 0.3) is 0 Å². The Morgan fingerprint density at radius 3 is 1.17 bits per heavy atom. The van der Waals surface area contributed by atoms with Gasteiger partial charge in [-0.05, 0) is 0 Å². The van der Waals surface area contributed by atoms with Crippen molar-refractivity contribution in [3.63, 3.8) is 0 Å². The van der Waals surface area contributed by atoms with Crippen molar-refractivity contribution < 1.29 is 71.4 Å². The monoisotopic (exact) mass is 207 g/mol. The van der Waals surface area contributed by atoms with Crippen LogP contribution < -0.4 is 56.1 Å². The molecule has 0 aliphatic heterocycles. The Morgan fingerprint density at radius 2 is 1.00 bits per heavy atom. The van der Waals surface area contributed by atoms with Crippen molar-refractivity contribution in [2.75, 3.05) is 39.5 Å². The molecule has 0 aliphatic carbocycles. The SMILES string of the molecule is OCCN(CCO)CCO.[F-].[K+]. The van der Waals surface area contributed by atoms with Crippen LogP contribution in [-0.4, -0.2) is 59.7 Å². The normalized spacial score (nSPS) is 9.00. The first kappa shape index (κ1) is 19.1. The molecule has 0 fully saturated rings. The summed E-state index contributed by atoms with van der Waals surface area (Å²) in [7, 11) is 0. The molecular weight excluding hydrogens is 192 g/mol. The number of rotatable bonds is 6. The van der Waals surface area contributed by atoms with Gasteiger partial charge in [0, 0.05) is 19.6 Å². The molecule has 4 nitrogen and oxygen atoms in total. The van der Waals surface area contributed by atoms with Crippen molar-refractivity contribution in [3.05, 3.63) is 0 Å². The van der Waals surface area contributed by atoms with Gasteiger partial charge in [0.05, 0.1) is 19.8 Å². The molecule has 6 heteroatoms. The third-order valence-electron chi connectivity index (χ3n) is 1.25. The van der Waals surface area contributed by atoms with E-state index in [1.54, 1.807) is 4.90 Å². The predicted molar refractivity (Wildman–Crippen MR) is 37.7 cm³/mol. The molecule has 0 atom stereocenters. The molecule has 0 unspecified atom stereocenters. The average Bonchev–Trinajstić information content (AvgIpc) is 1.90. The average molecular weight is 207 g/mol. The third kappa shape index (κ3) is 11.4. The largest absolute Gasteiger partial charge is 1.00 e. The van der Waals surface area contributed by atoms with Crippen LogP contribution in [0.5, 0.6) is 0 Å². The van der Waals surface area contributed by atoms with Crippen LogP contribution in [0.1, 0.15) is 0 Å². The summed E-state index contributed by atoms with van der Waals surface area (Å²) in [4.78, 5) is 1.79. The molecule has 0 radical (unpaired) electrons. The van der Waals surface area contributed by atoms with Crippen LogP contribution in [0.25, 0.3) is 0 Å². The van der Waals surface area contributed by atoms with Crippen LogP contribution in [0.4, 0.5) is 0 Å². The Morgan fingerprint density at radius 1 is 0.750 bits per heavy atom. The van der Waals surface area contributed by atoms with Gasteiger partial charge in [-0.15, -0.1) is 0 Å². The van der Waals surface area contributed by atoms with Crippen LogP contribution in [0.15, 0.2) is 0 Å². The Balaban J connectivity index is -0.000000405. The maximum Gasteiger partial charge on any atom is 1.00 e. The Hall–Kier alpha value is 1.41. The molecule has 0 rings (SSSR count). The molecule has 12 heavy (non-hydrogen) atoms. The first-order valence-electron chi connectivity index (χ1n) is 3.40. The van der Waals surface area contributed by atoms with Crippen molar-refractivity contribution in [1.82, 2.24) is 4.90 Å². The smallest absolute Gasteiger partial charge is 1.00 e. The Labute approximate surface area is 114 Å². The van der Waals surface area contributed by atoms with Gasteiger partial charge in [0.2, 0.25) is 0 Å². The van der Waals surface area contributed by atoms with E-state index in [0.29, 0.717) is 19.6 Å². The van der Waals surface area contributed by atoms with E-state index < -0.39 is 0 Å². The van der Waals surface area contributed by atoms with Gasteiger partial charge < -0.3 is 20.0 Å². The van der Waals surface area contributed by atoms with Gasteiger partial charge >= 0.3 is 51.4 Å². The Kier molecular flexibility index (Phi) is 23.7. The maximum absolute atomic E-state index is 8.48. The molecule has 70 valence electrons. The minimum absolute atomic E-state index is 0. The Bertz CT molecular complexity index is 65.5. The molecular formula is C6H15FKNO3. The predicted octanol–water partition coefficient (Wildman–Crippen LogP) is -7.73. The zero-order valence-corrected chi connectivity index (χ0v) is 10.5. The van der Waals surface area contributed by atoms with Gasteiger partial charge in [0.15, 0.2) is 0 Å². The number of aliphatic hydroxyl groups excluding tert-OH is 3. The van der Waals surface area contributed by atoms with E-state index in [4.69, 9.17) is 15.3 Å². The number of hydrogen-bond donors (Lipinski definition) is 3. The molecule has 0 spiro atoms. The van der Waals surface area contributed by atoms with E-state index >= 15 is 0 Å². The van der Waals surface area contributed by atoms with Crippen LogP contribution in [-0.2, 0) is 0 Å². The van der Waals surface area contributed by atoms with Crippen LogP contribution in [0.3, 0.4) is 0 Å². The minimum atomic E-state index is 0. The zero-order chi connectivity index (χ0) is 7.82. The summed E-state index contributed by atoms with van der Waals surface area (Å²) in [6, 6.07) is 0. The number of nitrogens with zero attached hydrogens (tertiary/aromatic N) is 1. The van der Waals surface area contributed by atoms with Crippen molar-refractivity contribution in [3.8, 4) is 0 Å². The van der Waals surface area contributed by atoms with E-state index in [0.717, 1.165) is 0 Å². The summed E-state index contributed by atoms with van der Waals surface area (Å²) < 4.78 is 0. The molecule has 0 bridgehead atoms. The van der Waals surface area contributed by atoms with Gasteiger partial charge in [-0.3, -0.25) is 4.90 Å². The third-order valence-corrected chi connectivity index (χ3v) is 1.25. The van der Waals surface area contributed by atoms with Gasteiger partial charge in [-0.25, -0.2) is 0 Å². The first-order chi connectivity index (χ1) is 4.85. The minimum Gasteiger partial charge on any atom is -1.00 e. The molecule has 0 aromatic carbocycles. The number of halogens is 1. The second-order valence-corrected chi connectivity index (χ2v) is 2.01. The van der Waals surface area contributed by atoms with E-state index in [9.17, 15) is 0 Å². The fourth-order valence-electron chi connectivity index (χ4n) is 0.760.